The Hall–Kier alpha value is -2.89. The SMILES string of the molecule is CCN1C(=O)CC[C@H](C(=O)N2CCCc3c(OC)cccc32)[C@H]1c1ccncc1. The van der Waals surface area contributed by atoms with Crippen molar-refractivity contribution in [2.75, 3.05) is 25.1 Å². The van der Waals surface area contributed by atoms with Crippen molar-refractivity contribution in [2.24, 2.45) is 5.92 Å². The second-order valence-electron chi connectivity index (χ2n) is 7.60. The Bertz CT molecular complexity index is 899. The molecule has 0 saturated carbocycles. The first-order valence-corrected chi connectivity index (χ1v) is 10.3. The standard InChI is InChI=1S/C23H27N3O3/c1-3-25-21(27)10-9-18(22(25)16-11-13-24-14-12-16)23(28)26-15-5-6-17-19(26)7-4-8-20(17)29-2/h4,7-8,11-14,18,22H,3,5-6,9-10,15H2,1-2H3/t18-,22+/m0/s1. The molecule has 2 amide bonds. The first-order chi connectivity index (χ1) is 14.2. The van der Waals surface area contributed by atoms with Crippen LogP contribution in [0.4, 0.5) is 5.69 Å². The highest BCUT2D eigenvalue weighted by Crippen LogP contribution is 2.41. The number of rotatable bonds is 4. The van der Waals surface area contributed by atoms with Crippen LogP contribution in [0.3, 0.4) is 0 Å². The number of aromatic nitrogens is 1. The van der Waals surface area contributed by atoms with Crippen molar-refractivity contribution in [3.63, 3.8) is 0 Å². The molecule has 1 aromatic heterocycles. The van der Waals surface area contributed by atoms with Crippen molar-refractivity contribution >= 4 is 17.5 Å². The van der Waals surface area contributed by atoms with Gasteiger partial charge in [0, 0.05) is 37.5 Å². The minimum absolute atomic E-state index is 0.0898. The second-order valence-corrected chi connectivity index (χ2v) is 7.60. The van der Waals surface area contributed by atoms with E-state index in [0.717, 1.165) is 35.4 Å². The number of hydrogen-bond acceptors (Lipinski definition) is 4. The van der Waals surface area contributed by atoms with E-state index in [2.05, 4.69) is 4.98 Å². The summed E-state index contributed by atoms with van der Waals surface area (Å²) in [5.74, 6) is 0.762. The molecule has 152 valence electrons. The topological polar surface area (TPSA) is 62.7 Å². The Labute approximate surface area is 171 Å². The Morgan fingerprint density at radius 3 is 2.72 bits per heavy atom. The second kappa shape index (κ2) is 8.23. The van der Waals surface area contributed by atoms with Gasteiger partial charge in [-0.15, -0.1) is 0 Å². The maximum Gasteiger partial charge on any atom is 0.232 e. The van der Waals surface area contributed by atoms with Crippen LogP contribution in [0.2, 0.25) is 0 Å². The van der Waals surface area contributed by atoms with Crippen molar-refractivity contribution in [3.8, 4) is 5.75 Å². The first kappa shape index (κ1) is 19.4. The van der Waals surface area contributed by atoms with E-state index < -0.39 is 0 Å². The Morgan fingerprint density at radius 1 is 1.21 bits per heavy atom. The van der Waals surface area contributed by atoms with Gasteiger partial charge in [0.15, 0.2) is 0 Å². The van der Waals surface area contributed by atoms with Crippen molar-refractivity contribution in [2.45, 2.75) is 38.6 Å². The Kier molecular flexibility index (Phi) is 5.51. The smallest absolute Gasteiger partial charge is 0.232 e. The first-order valence-electron chi connectivity index (χ1n) is 10.3. The van der Waals surface area contributed by atoms with E-state index in [9.17, 15) is 9.59 Å². The molecule has 0 spiro atoms. The fraction of sp³-hybridized carbons (Fsp3) is 0.435. The molecule has 0 N–H and O–H groups in total. The van der Waals surface area contributed by atoms with E-state index in [0.29, 0.717) is 25.9 Å². The summed E-state index contributed by atoms with van der Waals surface area (Å²) in [5.41, 5.74) is 3.00. The lowest BCUT2D eigenvalue weighted by molar-refractivity contribution is -0.142. The molecule has 1 fully saturated rings. The molecule has 1 aromatic carbocycles. The number of methoxy groups -OCH3 is 1. The zero-order chi connectivity index (χ0) is 20.4. The van der Waals surface area contributed by atoms with Gasteiger partial charge < -0.3 is 14.5 Å². The maximum atomic E-state index is 13.8. The van der Waals surface area contributed by atoms with Gasteiger partial charge in [0.1, 0.15) is 5.75 Å². The lowest BCUT2D eigenvalue weighted by Gasteiger charge is -2.43. The molecule has 3 heterocycles. The average Bonchev–Trinajstić information content (AvgIpc) is 2.78. The van der Waals surface area contributed by atoms with Crippen LogP contribution < -0.4 is 9.64 Å². The third-order valence-corrected chi connectivity index (χ3v) is 6.11. The van der Waals surface area contributed by atoms with Gasteiger partial charge in [-0.1, -0.05) is 6.07 Å². The summed E-state index contributed by atoms with van der Waals surface area (Å²) in [4.78, 5) is 34.3. The van der Waals surface area contributed by atoms with Gasteiger partial charge in [-0.25, -0.2) is 0 Å². The van der Waals surface area contributed by atoms with Crippen LogP contribution in [0.5, 0.6) is 5.75 Å². The summed E-state index contributed by atoms with van der Waals surface area (Å²) < 4.78 is 5.53. The predicted octanol–water partition coefficient (Wildman–Crippen LogP) is 3.37. The molecule has 2 atom stereocenters. The van der Waals surface area contributed by atoms with Gasteiger partial charge in [0.05, 0.1) is 24.8 Å². The quantitative estimate of drug-likeness (QED) is 0.799. The van der Waals surface area contributed by atoms with Gasteiger partial charge in [0.25, 0.3) is 0 Å². The average molecular weight is 393 g/mol. The number of carbonyl (C=O) groups excluding carboxylic acids is 2. The number of anilines is 1. The van der Waals surface area contributed by atoms with Gasteiger partial charge in [-0.2, -0.15) is 0 Å². The highest BCUT2D eigenvalue weighted by Gasteiger charge is 2.42. The lowest BCUT2D eigenvalue weighted by atomic mass is 9.83. The van der Waals surface area contributed by atoms with E-state index in [4.69, 9.17) is 4.74 Å². The van der Waals surface area contributed by atoms with Crippen molar-refractivity contribution < 1.29 is 14.3 Å². The number of hydrogen-bond donors (Lipinski definition) is 0. The number of nitrogens with zero attached hydrogens (tertiary/aromatic N) is 3. The van der Waals surface area contributed by atoms with Crippen LogP contribution in [0, 0.1) is 5.92 Å². The zero-order valence-electron chi connectivity index (χ0n) is 17.0. The Morgan fingerprint density at radius 2 is 2.00 bits per heavy atom. The number of pyridine rings is 1. The molecule has 0 unspecified atom stereocenters. The third-order valence-electron chi connectivity index (χ3n) is 6.11. The van der Waals surface area contributed by atoms with Gasteiger partial charge >= 0.3 is 0 Å². The van der Waals surface area contributed by atoms with Crippen molar-refractivity contribution in [1.82, 2.24) is 9.88 Å². The van der Waals surface area contributed by atoms with E-state index in [1.807, 2.05) is 47.1 Å². The van der Waals surface area contributed by atoms with E-state index >= 15 is 0 Å². The number of fused-ring (bicyclic) bond motifs is 1. The summed E-state index contributed by atoms with van der Waals surface area (Å²) in [6.07, 6.45) is 6.24. The predicted molar refractivity (Wildman–Crippen MR) is 111 cm³/mol. The number of carbonyl (C=O) groups is 2. The highest BCUT2D eigenvalue weighted by atomic mass is 16.5. The molecular weight excluding hydrogens is 366 g/mol. The molecule has 4 rings (SSSR count). The maximum absolute atomic E-state index is 13.8. The minimum Gasteiger partial charge on any atom is -0.496 e. The molecule has 1 saturated heterocycles. The summed E-state index contributed by atoms with van der Waals surface area (Å²) in [6, 6.07) is 9.46. The Balaban J connectivity index is 1.72. The van der Waals surface area contributed by atoms with Crippen LogP contribution in [0.25, 0.3) is 0 Å². The summed E-state index contributed by atoms with van der Waals surface area (Å²) >= 11 is 0. The fourth-order valence-electron chi connectivity index (χ4n) is 4.77. The third kappa shape index (κ3) is 3.48. The van der Waals surface area contributed by atoms with Crippen molar-refractivity contribution in [1.29, 1.82) is 0 Å². The molecule has 29 heavy (non-hydrogen) atoms. The molecule has 0 bridgehead atoms. The summed E-state index contributed by atoms with van der Waals surface area (Å²) in [5, 5.41) is 0. The number of benzene rings is 1. The lowest BCUT2D eigenvalue weighted by Crippen LogP contribution is -2.50. The van der Waals surface area contributed by atoms with Crippen LogP contribution in [-0.2, 0) is 16.0 Å². The number of likely N-dealkylation sites (tertiary alicyclic amines) is 1. The molecule has 0 aliphatic carbocycles. The monoisotopic (exact) mass is 393 g/mol. The zero-order valence-corrected chi connectivity index (χ0v) is 17.0. The van der Waals surface area contributed by atoms with E-state index in [-0.39, 0.29) is 23.8 Å². The fourth-order valence-corrected chi connectivity index (χ4v) is 4.77. The normalized spacial score (nSPS) is 21.7. The van der Waals surface area contributed by atoms with E-state index in [1.165, 1.54) is 0 Å². The number of piperidine rings is 1. The molecule has 6 heteroatoms. The highest BCUT2D eigenvalue weighted by molar-refractivity contribution is 5.98. The van der Waals surface area contributed by atoms with Crippen molar-refractivity contribution in [3.05, 3.63) is 53.9 Å². The van der Waals surface area contributed by atoms with Crippen LogP contribution >= 0.6 is 0 Å². The minimum atomic E-state index is -0.271. The van der Waals surface area contributed by atoms with Gasteiger partial charge in [-0.3, -0.25) is 14.6 Å². The van der Waals surface area contributed by atoms with Gasteiger partial charge in [0.2, 0.25) is 11.8 Å². The molecule has 2 aliphatic heterocycles. The van der Waals surface area contributed by atoms with Crippen LogP contribution in [-0.4, -0.2) is 41.9 Å². The molecule has 0 radical (unpaired) electrons. The number of ether oxygens (including phenoxy) is 1. The van der Waals surface area contributed by atoms with Crippen LogP contribution in [0.1, 0.15) is 43.4 Å². The summed E-state index contributed by atoms with van der Waals surface area (Å²) in [6.45, 7) is 3.25. The number of amides is 2. The van der Waals surface area contributed by atoms with E-state index in [1.54, 1.807) is 19.5 Å². The molecule has 6 nitrogen and oxygen atoms in total. The van der Waals surface area contributed by atoms with Gasteiger partial charge in [-0.05, 0) is 56.0 Å². The van der Waals surface area contributed by atoms with Crippen LogP contribution in [0.15, 0.2) is 42.7 Å². The molecule has 2 aliphatic rings. The molecular formula is C23H27N3O3. The summed E-state index contributed by atoms with van der Waals surface area (Å²) in [7, 11) is 1.67. The molecule has 2 aromatic rings. The largest absolute Gasteiger partial charge is 0.496 e.